The minimum Gasteiger partial charge on any atom is -0.394 e. The zero-order valence-corrected chi connectivity index (χ0v) is 11.3. The summed E-state index contributed by atoms with van der Waals surface area (Å²) in [6, 6.07) is 9.08. The highest BCUT2D eigenvalue weighted by Crippen LogP contribution is 2.02. The molecule has 0 bridgehead atoms. The molecule has 0 saturated heterocycles. The van der Waals surface area contributed by atoms with Crippen LogP contribution in [0.15, 0.2) is 36.4 Å². The van der Waals surface area contributed by atoms with Crippen LogP contribution in [0.25, 0.3) is 6.08 Å². The predicted octanol–water partition coefficient (Wildman–Crippen LogP) is 1.26. The van der Waals surface area contributed by atoms with Gasteiger partial charge in [-0.25, -0.2) is 0 Å². The van der Waals surface area contributed by atoms with Crippen LogP contribution in [0.2, 0.25) is 0 Å². The maximum Gasteiger partial charge on any atom is 0.242 e. The average Bonchev–Trinajstić information content (AvgIpc) is 2.46. The molecule has 19 heavy (non-hydrogen) atoms. The van der Waals surface area contributed by atoms with Gasteiger partial charge in [0.25, 0.3) is 0 Å². The van der Waals surface area contributed by atoms with Crippen LogP contribution in [0.4, 0.5) is 0 Å². The second-order valence-corrected chi connectivity index (χ2v) is 4.39. The molecule has 0 fully saturated rings. The first-order valence-electron chi connectivity index (χ1n) is 6.55. The van der Waals surface area contributed by atoms with E-state index in [2.05, 4.69) is 0 Å². The lowest BCUT2D eigenvalue weighted by molar-refractivity contribution is -0.132. The first kappa shape index (κ1) is 15.4. The summed E-state index contributed by atoms with van der Waals surface area (Å²) in [7, 11) is 0. The molecule has 0 spiro atoms. The van der Waals surface area contributed by atoms with Gasteiger partial charge in [0.1, 0.15) is 6.04 Å². The number of rotatable bonds is 7. The van der Waals surface area contributed by atoms with E-state index in [1.54, 1.807) is 4.90 Å². The molecule has 3 N–H and O–H groups in total. The first-order valence-corrected chi connectivity index (χ1v) is 6.55. The standard InChI is InChI=1S/C15H22N2O2/c1-2-10-17(15(19)14(16)12-18)11-6-9-13-7-4-3-5-8-13/h3-9,14,18H,2,10-12,16H2,1H3/t14-/m1/s1. The zero-order valence-electron chi connectivity index (χ0n) is 11.3. The Balaban J connectivity index is 2.59. The van der Waals surface area contributed by atoms with Gasteiger partial charge in [-0.3, -0.25) is 4.79 Å². The Morgan fingerprint density at radius 1 is 1.42 bits per heavy atom. The molecule has 1 aromatic carbocycles. The first-order chi connectivity index (χ1) is 9.19. The van der Waals surface area contributed by atoms with Gasteiger partial charge in [0.15, 0.2) is 0 Å². The van der Waals surface area contributed by atoms with Gasteiger partial charge in [-0.2, -0.15) is 0 Å². The highest BCUT2D eigenvalue weighted by molar-refractivity contribution is 5.82. The van der Waals surface area contributed by atoms with E-state index in [1.807, 2.05) is 49.4 Å². The van der Waals surface area contributed by atoms with Crippen molar-refractivity contribution < 1.29 is 9.90 Å². The van der Waals surface area contributed by atoms with Gasteiger partial charge < -0.3 is 15.7 Å². The van der Waals surface area contributed by atoms with Crippen LogP contribution in [0, 0.1) is 0 Å². The summed E-state index contributed by atoms with van der Waals surface area (Å²) >= 11 is 0. The van der Waals surface area contributed by atoms with E-state index in [0.717, 1.165) is 12.0 Å². The number of benzene rings is 1. The van der Waals surface area contributed by atoms with Crippen molar-refractivity contribution in [2.45, 2.75) is 19.4 Å². The molecule has 104 valence electrons. The number of hydrogen-bond acceptors (Lipinski definition) is 3. The van der Waals surface area contributed by atoms with Crippen LogP contribution < -0.4 is 5.73 Å². The van der Waals surface area contributed by atoms with Crippen molar-refractivity contribution in [3.63, 3.8) is 0 Å². The Morgan fingerprint density at radius 3 is 2.68 bits per heavy atom. The predicted molar refractivity (Wildman–Crippen MR) is 77.4 cm³/mol. The number of aliphatic hydroxyl groups is 1. The van der Waals surface area contributed by atoms with Crippen LogP contribution in [0.5, 0.6) is 0 Å². The Hall–Kier alpha value is -1.65. The molecular weight excluding hydrogens is 240 g/mol. The molecule has 1 aromatic rings. The second kappa shape index (κ2) is 8.45. The summed E-state index contributed by atoms with van der Waals surface area (Å²) in [6.45, 7) is 2.84. The van der Waals surface area contributed by atoms with E-state index in [9.17, 15) is 4.79 Å². The highest BCUT2D eigenvalue weighted by Gasteiger charge is 2.18. The topological polar surface area (TPSA) is 66.6 Å². The second-order valence-electron chi connectivity index (χ2n) is 4.39. The minimum absolute atomic E-state index is 0.206. The Kier molecular flexibility index (Phi) is 6.85. The van der Waals surface area contributed by atoms with Crippen molar-refractivity contribution in [1.29, 1.82) is 0 Å². The van der Waals surface area contributed by atoms with Crippen LogP contribution >= 0.6 is 0 Å². The lowest BCUT2D eigenvalue weighted by Crippen LogP contribution is -2.46. The van der Waals surface area contributed by atoms with Crippen molar-refractivity contribution >= 4 is 12.0 Å². The van der Waals surface area contributed by atoms with E-state index < -0.39 is 6.04 Å². The number of nitrogens with zero attached hydrogens (tertiary/aromatic N) is 1. The van der Waals surface area contributed by atoms with Gasteiger partial charge in [-0.15, -0.1) is 0 Å². The van der Waals surface area contributed by atoms with Crippen LogP contribution in [0.1, 0.15) is 18.9 Å². The number of carbonyl (C=O) groups excluding carboxylic acids is 1. The zero-order chi connectivity index (χ0) is 14.1. The fraction of sp³-hybridized carbons (Fsp3) is 0.400. The lowest BCUT2D eigenvalue weighted by atomic mass is 10.2. The molecule has 0 radical (unpaired) electrons. The third kappa shape index (κ3) is 5.24. The van der Waals surface area contributed by atoms with Crippen molar-refractivity contribution in [2.75, 3.05) is 19.7 Å². The number of carbonyl (C=O) groups is 1. The Labute approximate surface area is 114 Å². The maximum absolute atomic E-state index is 11.9. The van der Waals surface area contributed by atoms with Crippen LogP contribution in [-0.4, -0.2) is 41.7 Å². The van der Waals surface area contributed by atoms with E-state index in [0.29, 0.717) is 13.1 Å². The summed E-state index contributed by atoms with van der Waals surface area (Å²) in [5, 5.41) is 8.94. The molecule has 1 atom stereocenters. The summed E-state index contributed by atoms with van der Waals surface area (Å²) in [6.07, 6.45) is 4.77. The van der Waals surface area contributed by atoms with Crippen molar-refractivity contribution in [1.82, 2.24) is 4.90 Å². The van der Waals surface area contributed by atoms with Crippen molar-refractivity contribution in [3.05, 3.63) is 42.0 Å². The third-order valence-electron chi connectivity index (χ3n) is 2.75. The molecular formula is C15H22N2O2. The largest absolute Gasteiger partial charge is 0.394 e. The summed E-state index contributed by atoms with van der Waals surface area (Å²) < 4.78 is 0. The van der Waals surface area contributed by atoms with Gasteiger partial charge in [-0.1, -0.05) is 49.4 Å². The number of hydrogen-bond donors (Lipinski definition) is 2. The van der Waals surface area contributed by atoms with Gasteiger partial charge >= 0.3 is 0 Å². The summed E-state index contributed by atoms with van der Waals surface area (Å²) in [4.78, 5) is 13.6. The fourth-order valence-electron chi connectivity index (χ4n) is 1.75. The van der Waals surface area contributed by atoms with Gasteiger partial charge in [0.2, 0.25) is 5.91 Å². The molecule has 0 heterocycles. The SMILES string of the molecule is CCCN(CC=Cc1ccccc1)C(=O)[C@H](N)CO. The molecule has 0 aliphatic carbocycles. The van der Waals surface area contributed by atoms with E-state index in [1.165, 1.54) is 0 Å². The van der Waals surface area contributed by atoms with Crippen LogP contribution in [0.3, 0.4) is 0 Å². The van der Waals surface area contributed by atoms with Crippen LogP contribution in [-0.2, 0) is 4.79 Å². The molecule has 1 amide bonds. The normalized spacial score (nSPS) is 12.6. The summed E-state index contributed by atoms with van der Waals surface area (Å²) in [5.41, 5.74) is 6.66. The van der Waals surface area contributed by atoms with Gasteiger partial charge in [0.05, 0.1) is 6.61 Å². The number of nitrogens with two attached hydrogens (primary N) is 1. The lowest BCUT2D eigenvalue weighted by Gasteiger charge is -2.23. The summed E-state index contributed by atoms with van der Waals surface area (Å²) in [5.74, 6) is -0.206. The fourth-order valence-corrected chi connectivity index (χ4v) is 1.75. The smallest absolute Gasteiger partial charge is 0.242 e. The number of amides is 1. The van der Waals surface area contributed by atoms with E-state index in [4.69, 9.17) is 10.8 Å². The molecule has 1 rings (SSSR count). The average molecular weight is 262 g/mol. The third-order valence-corrected chi connectivity index (χ3v) is 2.75. The molecule has 0 aliphatic heterocycles. The molecule has 4 nitrogen and oxygen atoms in total. The van der Waals surface area contributed by atoms with Crippen molar-refractivity contribution in [3.8, 4) is 0 Å². The number of aliphatic hydroxyl groups excluding tert-OH is 1. The van der Waals surface area contributed by atoms with Crippen molar-refractivity contribution in [2.24, 2.45) is 5.73 Å². The van der Waals surface area contributed by atoms with Gasteiger partial charge in [0, 0.05) is 13.1 Å². The molecule has 4 heteroatoms. The van der Waals surface area contributed by atoms with E-state index >= 15 is 0 Å². The highest BCUT2D eigenvalue weighted by atomic mass is 16.3. The quantitative estimate of drug-likeness (QED) is 0.777. The molecule has 0 unspecified atom stereocenters. The monoisotopic (exact) mass is 262 g/mol. The molecule has 0 aliphatic rings. The molecule has 0 saturated carbocycles. The minimum atomic E-state index is -0.823. The molecule has 0 aromatic heterocycles. The Morgan fingerprint density at radius 2 is 2.11 bits per heavy atom. The van der Waals surface area contributed by atoms with Gasteiger partial charge in [-0.05, 0) is 12.0 Å². The maximum atomic E-state index is 11.9. The van der Waals surface area contributed by atoms with E-state index in [-0.39, 0.29) is 12.5 Å². The Bertz CT molecular complexity index is 404.